The number of benzene rings is 2. The molecule has 0 saturated carbocycles. The SMILES string of the molecule is N#Cc1ccc2nc(C3CCN(Cc4ccc(F)c(F)c4)C3)[nH]c2c1. The Morgan fingerprint density at radius 3 is 2.88 bits per heavy atom. The van der Waals surface area contributed by atoms with Gasteiger partial charge in [-0.15, -0.1) is 0 Å². The molecule has 1 unspecified atom stereocenters. The largest absolute Gasteiger partial charge is 0.342 e. The number of aromatic nitrogens is 2. The summed E-state index contributed by atoms with van der Waals surface area (Å²) in [7, 11) is 0. The molecule has 2 aromatic carbocycles. The number of rotatable bonds is 3. The Morgan fingerprint density at radius 1 is 1.20 bits per heavy atom. The Labute approximate surface area is 143 Å². The zero-order valence-corrected chi connectivity index (χ0v) is 13.5. The summed E-state index contributed by atoms with van der Waals surface area (Å²) in [5, 5.41) is 8.99. The maximum Gasteiger partial charge on any atom is 0.159 e. The van der Waals surface area contributed by atoms with Crippen molar-refractivity contribution in [3.63, 3.8) is 0 Å². The lowest BCUT2D eigenvalue weighted by Crippen LogP contribution is -2.20. The van der Waals surface area contributed by atoms with Crippen molar-refractivity contribution in [2.45, 2.75) is 18.9 Å². The zero-order valence-electron chi connectivity index (χ0n) is 13.5. The third-order valence-corrected chi connectivity index (χ3v) is 4.68. The van der Waals surface area contributed by atoms with Crippen LogP contribution in [-0.4, -0.2) is 28.0 Å². The molecule has 1 aromatic heterocycles. The van der Waals surface area contributed by atoms with E-state index in [4.69, 9.17) is 5.26 Å². The maximum absolute atomic E-state index is 13.3. The van der Waals surface area contributed by atoms with E-state index in [9.17, 15) is 8.78 Å². The van der Waals surface area contributed by atoms with Crippen molar-refractivity contribution in [3.05, 3.63) is 65.0 Å². The summed E-state index contributed by atoms with van der Waals surface area (Å²) in [6.07, 6.45) is 0.953. The fourth-order valence-corrected chi connectivity index (χ4v) is 3.39. The molecule has 1 fully saturated rings. The van der Waals surface area contributed by atoms with E-state index in [-0.39, 0.29) is 5.92 Å². The Hall–Kier alpha value is -2.78. The Morgan fingerprint density at radius 2 is 2.08 bits per heavy atom. The number of imidazole rings is 1. The first kappa shape index (κ1) is 15.7. The van der Waals surface area contributed by atoms with Gasteiger partial charge in [-0.05, 0) is 48.9 Å². The van der Waals surface area contributed by atoms with E-state index in [1.165, 1.54) is 12.1 Å². The zero-order chi connectivity index (χ0) is 17.4. The third kappa shape index (κ3) is 3.11. The standard InChI is InChI=1S/C19H16F2N4/c20-15-3-1-13(7-16(15)21)10-25-6-5-14(11-25)19-23-17-4-2-12(9-22)8-18(17)24-19/h1-4,7-8,14H,5-6,10-11H2,(H,23,24). The van der Waals surface area contributed by atoms with E-state index in [0.717, 1.165) is 41.9 Å². The van der Waals surface area contributed by atoms with Gasteiger partial charge >= 0.3 is 0 Å². The molecular weight excluding hydrogens is 322 g/mol. The topological polar surface area (TPSA) is 55.7 Å². The lowest BCUT2D eigenvalue weighted by molar-refractivity contribution is 0.325. The molecule has 25 heavy (non-hydrogen) atoms. The molecule has 1 atom stereocenters. The van der Waals surface area contributed by atoms with Gasteiger partial charge in [0.2, 0.25) is 0 Å². The minimum Gasteiger partial charge on any atom is -0.342 e. The van der Waals surface area contributed by atoms with Gasteiger partial charge in [0.1, 0.15) is 5.82 Å². The van der Waals surface area contributed by atoms with E-state index in [1.807, 2.05) is 6.07 Å². The van der Waals surface area contributed by atoms with Crippen molar-refractivity contribution in [3.8, 4) is 6.07 Å². The second kappa shape index (κ2) is 6.26. The molecule has 1 saturated heterocycles. The molecule has 4 nitrogen and oxygen atoms in total. The molecule has 1 N–H and O–H groups in total. The fourth-order valence-electron chi connectivity index (χ4n) is 3.39. The third-order valence-electron chi connectivity index (χ3n) is 4.68. The first-order chi connectivity index (χ1) is 12.1. The number of nitriles is 1. The van der Waals surface area contributed by atoms with Gasteiger partial charge in [-0.1, -0.05) is 6.07 Å². The van der Waals surface area contributed by atoms with E-state index >= 15 is 0 Å². The molecule has 3 aromatic rings. The van der Waals surface area contributed by atoms with Crippen LogP contribution in [-0.2, 0) is 6.54 Å². The summed E-state index contributed by atoms with van der Waals surface area (Å²) in [5.74, 6) is -0.443. The number of nitrogens with one attached hydrogen (secondary N) is 1. The first-order valence-electron chi connectivity index (χ1n) is 8.18. The smallest absolute Gasteiger partial charge is 0.159 e. The second-order valence-corrected chi connectivity index (χ2v) is 6.43. The Bertz CT molecular complexity index is 973. The van der Waals surface area contributed by atoms with Crippen LogP contribution in [0.15, 0.2) is 36.4 Å². The van der Waals surface area contributed by atoms with Crippen LogP contribution in [0.2, 0.25) is 0 Å². The number of fused-ring (bicyclic) bond motifs is 1. The van der Waals surface area contributed by atoms with Gasteiger partial charge in [-0.25, -0.2) is 13.8 Å². The van der Waals surface area contributed by atoms with Crippen molar-refractivity contribution < 1.29 is 8.78 Å². The van der Waals surface area contributed by atoms with E-state index in [1.54, 1.807) is 18.2 Å². The quantitative estimate of drug-likeness (QED) is 0.792. The van der Waals surface area contributed by atoms with Crippen molar-refractivity contribution in [2.24, 2.45) is 0 Å². The number of halogens is 2. The van der Waals surface area contributed by atoms with E-state index in [0.29, 0.717) is 12.1 Å². The molecule has 0 amide bonds. The molecule has 4 rings (SSSR count). The van der Waals surface area contributed by atoms with Crippen molar-refractivity contribution >= 4 is 11.0 Å². The molecule has 6 heteroatoms. The predicted octanol–water partition coefficient (Wildman–Crippen LogP) is 3.70. The van der Waals surface area contributed by atoms with E-state index in [2.05, 4.69) is 20.9 Å². The van der Waals surface area contributed by atoms with Crippen molar-refractivity contribution in [1.29, 1.82) is 5.26 Å². The average molecular weight is 338 g/mol. The number of hydrogen-bond donors (Lipinski definition) is 1. The van der Waals surface area contributed by atoms with Crippen molar-refractivity contribution in [1.82, 2.24) is 14.9 Å². The Kier molecular flexibility index (Phi) is 3.94. The molecule has 1 aliphatic heterocycles. The highest BCUT2D eigenvalue weighted by Crippen LogP contribution is 2.28. The van der Waals surface area contributed by atoms with Crippen LogP contribution in [0.4, 0.5) is 8.78 Å². The summed E-state index contributed by atoms with van der Waals surface area (Å²) >= 11 is 0. The molecule has 0 radical (unpaired) electrons. The molecule has 2 heterocycles. The minimum absolute atomic E-state index is 0.267. The van der Waals surface area contributed by atoms with Crippen LogP contribution >= 0.6 is 0 Å². The highest BCUT2D eigenvalue weighted by molar-refractivity contribution is 5.76. The van der Waals surface area contributed by atoms with Gasteiger partial charge in [-0.2, -0.15) is 5.26 Å². The van der Waals surface area contributed by atoms with Gasteiger partial charge in [0, 0.05) is 19.0 Å². The monoisotopic (exact) mass is 338 g/mol. The van der Waals surface area contributed by atoms with Gasteiger partial charge in [0.05, 0.1) is 22.7 Å². The van der Waals surface area contributed by atoms with Gasteiger partial charge in [-0.3, -0.25) is 4.90 Å². The second-order valence-electron chi connectivity index (χ2n) is 6.43. The van der Waals surface area contributed by atoms with Gasteiger partial charge < -0.3 is 4.98 Å². The highest BCUT2D eigenvalue weighted by atomic mass is 19.2. The molecule has 0 aliphatic carbocycles. The fraction of sp³-hybridized carbons (Fsp3) is 0.263. The molecule has 126 valence electrons. The van der Waals surface area contributed by atoms with Gasteiger partial charge in [0.15, 0.2) is 11.6 Å². The Balaban J connectivity index is 1.48. The predicted molar refractivity (Wildman–Crippen MR) is 89.8 cm³/mol. The summed E-state index contributed by atoms with van der Waals surface area (Å²) in [6.45, 7) is 2.28. The molecule has 0 bridgehead atoms. The molecule has 1 aliphatic rings. The van der Waals surface area contributed by atoms with Crippen LogP contribution in [0.5, 0.6) is 0 Å². The van der Waals surface area contributed by atoms with Crippen LogP contribution in [0.25, 0.3) is 11.0 Å². The minimum atomic E-state index is -0.818. The number of likely N-dealkylation sites (tertiary alicyclic amines) is 1. The summed E-state index contributed by atoms with van der Waals surface area (Å²) in [6, 6.07) is 11.6. The lowest BCUT2D eigenvalue weighted by Gasteiger charge is -2.15. The van der Waals surface area contributed by atoms with Crippen molar-refractivity contribution in [2.75, 3.05) is 13.1 Å². The summed E-state index contributed by atoms with van der Waals surface area (Å²) in [5.41, 5.74) is 3.10. The van der Waals surface area contributed by atoms with Crippen LogP contribution < -0.4 is 0 Å². The first-order valence-corrected chi connectivity index (χ1v) is 8.18. The highest BCUT2D eigenvalue weighted by Gasteiger charge is 2.26. The van der Waals surface area contributed by atoms with Crippen LogP contribution in [0.1, 0.15) is 29.3 Å². The summed E-state index contributed by atoms with van der Waals surface area (Å²) < 4.78 is 26.4. The number of aromatic amines is 1. The van der Waals surface area contributed by atoms with Gasteiger partial charge in [0.25, 0.3) is 0 Å². The maximum atomic E-state index is 13.3. The summed E-state index contributed by atoms with van der Waals surface area (Å²) in [4.78, 5) is 10.2. The normalized spacial score (nSPS) is 17.9. The molecule has 0 spiro atoms. The number of nitrogens with zero attached hydrogens (tertiary/aromatic N) is 3. The number of H-pyrrole nitrogens is 1. The van der Waals surface area contributed by atoms with E-state index < -0.39 is 11.6 Å². The average Bonchev–Trinajstić information content (AvgIpc) is 3.23. The van der Waals surface area contributed by atoms with Crippen LogP contribution in [0.3, 0.4) is 0 Å². The number of hydrogen-bond acceptors (Lipinski definition) is 3. The van der Waals surface area contributed by atoms with Crippen LogP contribution in [0, 0.1) is 23.0 Å². The molecular formula is C19H16F2N4. The lowest BCUT2D eigenvalue weighted by atomic mass is 10.1.